The van der Waals surface area contributed by atoms with Gasteiger partial charge in [-0.25, -0.2) is 0 Å². The van der Waals surface area contributed by atoms with Crippen molar-refractivity contribution in [1.82, 2.24) is 14.8 Å². The lowest BCUT2D eigenvalue weighted by molar-refractivity contribution is 0.151. The normalized spacial score (nSPS) is 30.0. The molecule has 1 aromatic heterocycles. The van der Waals surface area contributed by atoms with Crippen LogP contribution in [0, 0.1) is 11.8 Å². The lowest BCUT2D eigenvalue weighted by atomic mass is 9.67. The Morgan fingerprint density at radius 3 is 2.60 bits per heavy atom. The number of hydrogen-bond donors (Lipinski definition) is 1. The maximum Gasteiger partial charge on any atom is 0.224 e. The zero-order chi connectivity index (χ0) is 13.9. The smallest absolute Gasteiger partial charge is 0.224 e. The molecule has 1 heterocycles. The Hall–Kier alpha value is -1.06. The summed E-state index contributed by atoms with van der Waals surface area (Å²) in [5, 5.41) is 12.2. The topological polar surface area (TPSA) is 42.7 Å². The maximum atomic E-state index is 4.52. The van der Waals surface area contributed by atoms with Crippen molar-refractivity contribution in [3.05, 3.63) is 5.82 Å². The van der Waals surface area contributed by atoms with Crippen molar-refractivity contribution in [1.29, 1.82) is 0 Å². The van der Waals surface area contributed by atoms with Gasteiger partial charge in [-0.3, -0.25) is 4.57 Å². The molecule has 0 bridgehead atoms. The van der Waals surface area contributed by atoms with Gasteiger partial charge in [0, 0.05) is 19.0 Å². The predicted octanol–water partition coefficient (Wildman–Crippen LogP) is 3.80. The number of fused-ring (bicyclic) bond motifs is 1. The molecule has 0 aromatic carbocycles. The zero-order valence-corrected chi connectivity index (χ0v) is 12.9. The van der Waals surface area contributed by atoms with Gasteiger partial charge in [-0.1, -0.05) is 25.7 Å². The van der Waals surface area contributed by atoms with Crippen LogP contribution in [0.1, 0.15) is 70.5 Å². The highest BCUT2D eigenvalue weighted by Crippen LogP contribution is 2.45. The number of hydrogen-bond acceptors (Lipinski definition) is 3. The molecular formula is C16H28N4. The zero-order valence-electron chi connectivity index (χ0n) is 12.9. The monoisotopic (exact) mass is 276 g/mol. The Kier molecular flexibility index (Phi) is 4.27. The fraction of sp³-hybridized carbons (Fsp3) is 0.875. The summed E-state index contributed by atoms with van der Waals surface area (Å²) in [6, 6.07) is 0. The van der Waals surface area contributed by atoms with Crippen LogP contribution in [0.15, 0.2) is 0 Å². The molecular weight excluding hydrogens is 248 g/mol. The summed E-state index contributed by atoms with van der Waals surface area (Å²) in [4.78, 5) is 0. The number of anilines is 1. The maximum absolute atomic E-state index is 4.52. The second kappa shape index (κ2) is 6.15. The van der Waals surface area contributed by atoms with Crippen molar-refractivity contribution < 1.29 is 0 Å². The molecule has 20 heavy (non-hydrogen) atoms. The van der Waals surface area contributed by atoms with Crippen LogP contribution in [0.4, 0.5) is 5.95 Å². The summed E-state index contributed by atoms with van der Waals surface area (Å²) in [5.41, 5.74) is 0. The third kappa shape index (κ3) is 2.57. The second-order valence-electron chi connectivity index (χ2n) is 6.47. The van der Waals surface area contributed by atoms with Crippen LogP contribution >= 0.6 is 0 Å². The molecule has 4 heteroatoms. The van der Waals surface area contributed by atoms with Crippen molar-refractivity contribution in [2.24, 2.45) is 11.8 Å². The number of rotatable bonds is 4. The first-order valence-electron chi connectivity index (χ1n) is 8.50. The summed E-state index contributed by atoms with van der Waals surface area (Å²) >= 11 is 0. The lowest BCUT2D eigenvalue weighted by Crippen LogP contribution is -2.28. The molecule has 112 valence electrons. The van der Waals surface area contributed by atoms with E-state index in [1.165, 1.54) is 50.8 Å². The van der Waals surface area contributed by atoms with E-state index in [1.54, 1.807) is 0 Å². The molecule has 0 saturated heterocycles. The van der Waals surface area contributed by atoms with Crippen molar-refractivity contribution in [2.75, 3.05) is 11.9 Å². The van der Waals surface area contributed by atoms with Gasteiger partial charge in [0.25, 0.3) is 0 Å². The summed E-state index contributed by atoms with van der Waals surface area (Å²) in [6.07, 6.45) is 9.88. The largest absolute Gasteiger partial charge is 0.355 e. The third-order valence-electron chi connectivity index (χ3n) is 5.34. The van der Waals surface area contributed by atoms with Gasteiger partial charge < -0.3 is 5.32 Å². The molecule has 0 radical (unpaired) electrons. The molecule has 2 aliphatic carbocycles. The second-order valence-corrected chi connectivity index (χ2v) is 6.47. The molecule has 0 aliphatic heterocycles. The SMILES string of the molecule is CCNc1nnc(C2CCC3CCCCC3C2)n1CC. The third-order valence-corrected chi connectivity index (χ3v) is 5.34. The van der Waals surface area contributed by atoms with Gasteiger partial charge in [0.15, 0.2) is 0 Å². The molecule has 2 fully saturated rings. The first-order valence-corrected chi connectivity index (χ1v) is 8.50. The van der Waals surface area contributed by atoms with E-state index in [1.807, 2.05) is 0 Å². The molecule has 4 nitrogen and oxygen atoms in total. The van der Waals surface area contributed by atoms with Crippen LogP contribution in [0.5, 0.6) is 0 Å². The molecule has 3 unspecified atom stereocenters. The van der Waals surface area contributed by atoms with Gasteiger partial charge in [0.05, 0.1) is 0 Å². The highest BCUT2D eigenvalue weighted by molar-refractivity contribution is 5.26. The molecule has 0 spiro atoms. The van der Waals surface area contributed by atoms with E-state index in [0.29, 0.717) is 5.92 Å². The van der Waals surface area contributed by atoms with Gasteiger partial charge in [0.2, 0.25) is 5.95 Å². The minimum absolute atomic E-state index is 0.634. The predicted molar refractivity (Wildman–Crippen MR) is 81.9 cm³/mol. The van der Waals surface area contributed by atoms with Crippen LogP contribution in [-0.2, 0) is 6.54 Å². The summed E-state index contributed by atoms with van der Waals surface area (Å²) < 4.78 is 2.29. The van der Waals surface area contributed by atoms with Gasteiger partial charge in [-0.2, -0.15) is 0 Å². The Bertz CT molecular complexity index is 440. The minimum Gasteiger partial charge on any atom is -0.355 e. The van der Waals surface area contributed by atoms with Crippen molar-refractivity contribution >= 4 is 5.95 Å². The lowest BCUT2D eigenvalue weighted by Gasteiger charge is -2.39. The van der Waals surface area contributed by atoms with Gasteiger partial charge in [-0.15, -0.1) is 10.2 Å². The molecule has 1 N–H and O–H groups in total. The Balaban J connectivity index is 1.75. The summed E-state index contributed by atoms with van der Waals surface area (Å²) in [7, 11) is 0. The highest BCUT2D eigenvalue weighted by Gasteiger charge is 2.34. The average Bonchev–Trinajstić information content (AvgIpc) is 2.90. The van der Waals surface area contributed by atoms with E-state index in [-0.39, 0.29) is 0 Å². The number of nitrogens with zero attached hydrogens (tertiary/aromatic N) is 3. The van der Waals surface area contributed by atoms with E-state index < -0.39 is 0 Å². The quantitative estimate of drug-likeness (QED) is 0.909. The minimum atomic E-state index is 0.634. The Labute approximate surface area is 122 Å². The molecule has 3 rings (SSSR count). The van der Waals surface area contributed by atoms with Gasteiger partial charge in [0.1, 0.15) is 5.82 Å². The molecule has 1 aromatic rings. The van der Waals surface area contributed by atoms with E-state index in [2.05, 4.69) is 33.9 Å². The summed E-state index contributed by atoms with van der Waals surface area (Å²) in [5.74, 6) is 4.77. The van der Waals surface area contributed by atoms with Crippen LogP contribution in [0.3, 0.4) is 0 Å². The first-order chi connectivity index (χ1) is 9.83. The fourth-order valence-corrected chi connectivity index (χ4v) is 4.33. The van der Waals surface area contributed by atoms with Crippen molar-refractivity contribution in [2.45, 2.75) is 71.3 Å². The van der Waals surface area contributed by atoms with Crippen molar-refractivity contribution in [3.8, 4) is 0 Å². The van der Waals surface area contributed by atoms with E-state index in [4.69, 9.17) is 0 Å². The molecule has 0 amide bonds. The van der Waals surface area contributed by atoms with Crippen LogP contribution in [-0.4, -0.2) is 21.3 Å². The highest BCUT2D eigenvalue weighted by atomic mass is 15.3. The molecule has 2 saturated carbocycles. The van der Waals surface area contributed by atoms with Gasteiger partial charge in [-0.05, 0) is 44.9 Å². The van der Waals surface area contributed by atoms with E-state index in [0.717, 1.165) is 30.9 Å². The number of aromatic nitrogens is 3. The number of nitrogens with one attached hydrogen (secondary N) is 1. The van der Waals surface area contributed by atoms with Gasteiger partial charge >= 0.3 is 0 Å². The summed E-state index contributed by atoms with van der Waals surface area (Å²) in [6.45, 7) is 6.18. The van der Waals surface area contributed by atoms with E-state index >= 15 is 0 Å². The van der Waals surface area contributed by atoms with Crippen LogP contribution in [0.25, 0.3) is 0 Å². The van der Waals surface area contributed by atoms with E-state index in [9.17, 15) is 0 Å². The average molecular weight is 276 g/mol. The van der Waals surface area contributed by atoms with Crippen LogP contribution < -0.4 is 5.32 Å². The van der Waals surface area contributed by atoms with Crippen molar-refractivity contribution in [3.63, 3.8) is 0 Å². The molecule has 3 atom stereocenters. The Morgan fingerprint density at radius 1 is 1.05 bits per heavy atom. The fourth-order valence-electron chi connectivity index (χ4n) is 4.33. The standard InChI is InChI=1S/C16H28N4/c1-3-17-16-19-18-15(20(16)4-2)14-10-9-12-7-5-6-8-13(12)11-14/h12-14H,3-11H2,1-2H3,(H,17,19). The molecule has 2 aliphatic rings. The Morgan fingerprint density at radius 2 is 1.85 bits per heavy atom. The first kappa shape index (κ1) is 13.9. The van der Waals surface area contributed by atoms with Crippen LogP contribution in [0.2, 0.25) is 0 Å².